The van der Waals surface area contributed by atoms with Crippen LogP contribution in [0.15, 0.2) is 75.4 Å². The number of carboxylic acid groups (broad SMARTS) is 1. The maximum absolute atomic E-state index is 12.8. The van der Waals surface area contributed by atoms with Gasteiger partial charge < -0.3 is 5.11 Å². The third-order valence-corrected chi connectivity index (χ3v) is 5.21. The Hall–Kier alpha value is -2.93. The van der Waals surface area contributed by atoms with Crippen LogP contribution in [0, 0.1) is 0 Å². The molecule has 0 aliphatic carbocycles. The molecule has 1 N–H and O–H groups in total. The lowest BCUT2D eigenvalue weighted by molar-refractivity contribution is 0.0694. The molecule has 3 rings (SSSR count). The van der Waals surface area contributed by atoms with Crippen LogP contribution in [0.4, 0.5) is 0 Å². The molecular formula is C16H11NO5S. The fourth-order valence-electron chi connectivity index (χ4n) is 2.31. The van der Waals surface area contributed by atoms with Crippen LogP contribution in [0.5, 0.6) is 0 Å². The Bertz CT molecular complexity index is 1070. The molecule has 1 aromatic carbocycles. The molecule has 2 aromatic heterocycles. The molecule has 0 spiro atoms. The van der Waals surface area contributed by atoms with Crippen molar-refractivity contribution in [3.05, 3.63) is 76.7 Å². The van der Waals surface area contributed by atoms with E-state index in [1.807, 2.05) is 0 Å². The van der Waals surface area contributed by atoms with Gasteiger partial charge in [-0.2, -0.15) is 0 Å². The summed E-state index contributed by atoms with van der Waals surface area (Å²) >= 11 is 0. The van der Waals surface area contributed by atoms with E-state index in [0.717, 1.165) is 10.5 Å². The van der Waals surface area contributed by atoms with Crippen LogP contribution >= 0.6 is 0 Å². The number of fused-ring (bicyclic) bond motifs is 1. The number of rotatable bonds is 3. The zero-order valence-electron chi connectivity index (χ0n) is 11.7. The van der Waals surface area contributed by atoms with Crippen LogP contribution in [-0.2, 0) is 9.84 Å². The van der Waals surface area contributed by atoms with Gasteiger partial charge in [-0.05, 0) is 30.3 Å². The molecule has 7 heteroatoms. The molecule has 2 heterocycles. The Kier molecular flexibility index (Phi) is 3.49. The van der Waals surface area contributed by atoms with Crippen molar-refractivity contribution >= 4 is 21.3 Å². The molecule has 23 heavy (non-hydrogen) atoms. The number of aromatic nitrogens is 1. The molecule has 0 bridgehead atoms. The Balaban J connectivity index is 2.45. The molecule has 0 radical (unpaired) electrons. The molecule has 0 amide bonds. The highest BCUT2D eigenvalue weighted by atomic mass is 32.2. The number of carboxylic acids is 1. The third kappa shape index (κ3) is 2.40. The lowest BCUT2D eigenvalue weighted by atomic mass is 10.2. The highest BCUT2D eigenvalue weighted by Crippen LogP contribution is 2.24. The van der Waals surface area contributed by atoms with E-state index < -0.39 is 26.9 Å². The van der Waals surface area contributed by atoms with Crippen molar-refractivity contribution in [1.82, 2.24) is 4.40 Å². The standard InChI is InChI=1S/C16H11NO5S/c18-15-12(16(19)20)10-14(13-8-4-5-9-17(13)15)23(21,22)11-6-2-1-3-7-11/h1-10H,(H,19,20). The topological polar surface area (TPSA) is 92.9 Å². The summed E-state index contributed by atoms with van der Waals surface area (Å²) < 4.78 is 26.7. The predicted molar refractivity (Wildman–Crippen MR) is 82.5 cm³/mol. The molecule has 0 atom stereocenters. The zero-order chi connectivity index (χ0) is 16.6. The van der Waals surface area contributed by atoms with Crippen LogP contribution in [0.1, 0.15) is 10.4 Å². The number of hydrogen-bond donors (Lipinski definition) is 1. The highest BCUT2D eigenvalue weighted by Gasteiger charge is 2.24. The molecule has 0 saturated carbocycles. The van der Waals surface area contributed by atoms with E-state index in [0.29, 0.717) is 0 Å². The zero-order valence-corrected chi connectivity index (χ0v) is 12.5. The van der Waals surface area contributed by atoms with E-state index in [-0.39, 0.29) is 15.3 Å². The van der Waals surface area contributed by atoms with Gasteiger partial charge in [0, 0.05) is 6.20 Å². The fourth-order valence-corrected chi connectivity index (χ4v) is 3.80. The number of carbonyl (C=O) groups is 1. The van der Waals surface area contributed by atoms with Crippen molar-refractivity contribution in [3.8, 4) is 0 Å². The van der Waals surface area contributed by atoms with Crippen molar-refractivity contribution in [3.63, 3.8) is 0 Å². The first-order valence-corrected chi connectivity index (χ1v) is 8.09. The summed E-state index contributed by atoms with van der Waals surface area (Å²) in [6.07, 6.45) is 1.34. The van der Waals surface area contributed by atoms with Crippen LogP contribution in [0.3, 0.4) is 0 Å². The van der Waals surface area contributed by atoms with Gasteiger partial charge in [0.25, 0.3) is 5.56 Å². The van der Waals surface area contributed by atoms with Crippen LogP contribution < -0.4 is 5.56 Å². The monoisotopic (exact) mass is 329 g/mol. The van der Waals surface area contributed by atoms with Crippen molar-refractivity contribution in [1.29, 1.82) is 0 Å². The van der Waals surface area contributed by atoms with Crippen molar-refractivity contribution in [2.24, 2.45) is 0 Å². The van der Waals surface area contributed by atoms with E-state index in [1.54, 1.807) is 24.3 Å². The summed E-state index contributed by atoms with van der Waals surface area (Å²) in [7, 11) is -3.96. The van der Waals surface area contributed by atoms with Crippen molar-refractivity contribution < 1.29 is 18.3 Å². The van der Waals surface area contributed by atoms with Gasteiger partial charge in [0.05, 0.1) is 15.3 Å². The second kappa shape index (κ2) is 5.36. The summed E-state index contributed by atoms with van der Waals surface area (Å²) in [5.41, 5.74) is -1.24. The summed E-state index contributed by atoms with van der Waals surface area (Å²) in [4.78, 5) is 23.3. The fraction of sp³-hybridized carbons (Fsp3) is 0. The molecule has 116 valence electrons. The predicted octanol–water partition coefficient (Wildman–Crippen LogP) is 1.83. The molecule has 0 aliphatic rings. The van der Waals surface area contributed by atoms with E-state index in [1.165, 1.54) is 30.5 Å². The number of nitrogens with zero attached hydrogens (tertiary/aromatic N) is 1. The Morgan fingerprint density at radius 3 is 2.30 bits per heavy atom. The maximum atomic E-state index is 12.8. The first-order valence-electron chi connectivity index (χ1n) is 6.61. The molecular weight excluding hydrogens is 318 g/mol. The number of aromatic carboxylic acids is 1. The second-order valence-corrected chi connectivity index (χ2v) is 6.72. The van der Waals surface area contributed by atoms with Gasteiger partial charge in [-0.15, -0.1) is 0 Å². The molecule has 0 saturated heterocycles. The quantitative estimate of drug-likeness (QED) is 0.791. The molecule has 0 fully saturated rings. The maximum Gasteiger partial charge on any atom is 0.341 e. The SMILES string of the molecule is O=C(O)c1cc(S(=O)(=O)c2ccccc2)c2ccccn2c1=O. The van der Waals surface area contributed by atoms with Crippen LogP contribution in [-0.4, -0.2) is 23.9 Å². The van der Waals surface area contributed by atoms with Gasteiger partial charge >= 0.3 is 5.97 Å². The Labute approximate surface area is 131 Å². The van der Waals surface area contributed by atoms with Gasteiger partial charge in [-0.25, -0.2) is 13.2 Å². The average molecular weight is 329 g/mol. The minimum absolute atomic E-state index is 0.0285. The highest BCUT2D eigenvalue weighted by molar-refractivity contribution is 7.91. The number of sulfone groups is 1. The molecule has 0 aliphatic heterocycles. The first-order chi connectivity index (χ1) is 10.9. The largest absolute Gasteiger partial charge is 0.477 e. The van der Waals surface area contributed by atoms with Crippen LogP contribution in [0.2, 0.25) is 0 Å². The molecule has 6 nitrogen and oxygen atoms in total. The van der Waals surface area contributed by atoms with Gasteiger partial charge in [0.2, 0.25) is 9.84 Å². The minimum atomic E-state index is -3.96. The molecule has 3 aromatic rings. The number of hydrogen-bond acceptors (Lipinski definition) is 4. The first kappa shape index (κ1) is 15.0. The van der Waals surface area contributed by atoms with Crippen LogP contribution in [0.25, 0.3) is 5.52 Å². The second-order valence-electron chi connectivity index (χ2n) is 4.80. The number of benzene rings is 1. The summed E-state index contributed by atoms with van der Waals surface area (Å²) in [6.45, 7) is 0. The van der Waals surface area contributed by atoms with E-state index >= 15 is 0 Å². The van der Waals surface area contributed by atoms with Crippen molar-refractivity contribution in [2.75, 3.05) is 0 Å². The minimum Gasteiger partial charge on any atom is -0.477 e. The van der Waals surface area contributed by atoms with E-state index in [4.69, 9.17) is 0 Å². The smallest absolute Gasteiger partial charge is 0.341 e. The summed E-state index contributed by atoms with van der Waals surface area (Å²) in [6, 6.07) is 13.1. The van der Waals surface area contributed by atoms with Crippen molar-refractivity contribution in [2.45, 2.75) is 9.79 Å². The molecule has 0 unspecified atom stereocenters. The van der Waals surface area contributed by atoms with Gasteiger partial charge in [-0.1, -0.05) is 24.3 Å². The third-order valence-electron chi connectivity index (χ3n) is 3.41. The summed E-state index contributed by atoms with van der Waals surface area (Å²) in [5.74, 6) is -1.47. The average Bonchev–Trinajstić information content (AvgIpc) is 2.55. The van der Waals surface area contributed by atoms with E-state index in [9.17, 15) is 23.1 Å². The lowest BCUT2D eigenvalue weighted by Gasteiger charge is -2.10. The van der Waals surface area contributed by atoms with Gasteiger partial charge in [0.1, 0.15) is 5.56 Å². The summed E-state index contributed by atoms with van der Waals surface area (Å²) in [5, 5.41) is 9.18. The van der Waals surface area contributed by atoms with E-state index in [2.05, 4.69) is 0 Å². The Morgan fingerprint density at radius 1 is 1.00 bits per heavy atom. The van der Waals surface area contributed by atoms with Gasteiger partial charge in [0.15, 0.2) is 0 Å². The normalized spacial score (nSPS) is 11.5. The Morgan fingerprint density at radius 2 is 1.65 bits per heavy atom. The number of pyridine rings is 2. The lowest BCUT2D eigenvalue weighted by Crippen LogP contribution is -2.23. The van der Waals surface area contributed by atoms with Gasteiger partial charge in [-0.3, -0.25) is 9.20 Å².